The summed E-state index contributed by atoms with van der Waals surface area (Å²) in [6.07, 6.45) is 9.30. The maximum absolute atomic E-state index is 8.81. The first-order chi connectivity index (χ1) is 8.81. The monoisotopic (exact) mass is 270 g/mol. The lowest BCUT2D eigenvalue weighted by Crippen LogP contribution is -2.34. The SMILES string of the molecule is CSC1CCCC(NCc2cn(CCO)nn2)C1. The van der Waals surface area contributed by atoms with Gasteiger partial charge in [-0.15, -0.1) is 5.10 Å². The molecule has 0 amide bonds. The fourth-order valence-corrected chi connectivity index (χ4v) is 3.25. The molecule has 0 bridgehead atoms. The van der Waals surface area contributed by atoms with Crippen LogP contribution in [0.25, 0.3) is 0 Å². The molecule has 1 aliphatic carbocycles. The molecule has 18 heavy (non-hydrogen) atoms. The normalized spacial score (nSPS) is 24.3. The Morgan fingerprint density at radius 2 is 2.44 bits per heavy atom. The number of aromatic nitrogens is 3. The molecule has 2 N–H and O–H groups in total. The molecule has 102 valence electrons. The zero-order valence-corrected chi connectivity index (χ0v) is 11.7. The molecule has 2 rings (SSSR count). The molecule has 0 aromatic carbocycles. The van der Waals surface area contributed by atoms with Crippen molar-refractivity contribution in [2.45, 2.75) is 50.1 Å². The molecular formula is C12H22N4OS. The lowest BCUT2D eigenvalue weighted by Gasteiger charge is -2.28. The average molecular weight is 270 g/mol. The molecule has 1 heterocycles. The number of hydrogen-bond acceptors (Lipinski definition) is 5. The summed E-state index contributed by atoms with van der Waals surface area (Å²) in [6.45, 7) is 1.40. The minimum atomic E-state index is 0.105. The number of rotatable bonds is 6. The highest BCUT2D eigenvalue weighted by molar-refractivity contribution is 7.99. The van der Waals surface area contributed by atoms with Gasteiger partial charge in [0, 0.05) is 24.0 Å². The second-order valence-corrected chi connectivity index (χ2v) is 5.94. The minimum absolute atomic E-state index is 0.105. The van der Waals surface area contributed by atoms with E-state index in [1.807, 2.05) is 18.0 Å². The molecule has 2 unspecified atom stereocenters. The Bertz CT molecular complexity index is 358. The minimum Gasteiger partial charge on any atom is -0.394 e. The van der Waals surface area contributed by atoms with E-state index in [1.54, 1.807) is 4.68 Å². The van der Waals surface area contributed by atoms with Gasteiger partial charge in [-0.25, -0.2) is 4.68 Å². The molecule has 0 radical (unpaired) electrons. The van der Waals surface area contributed by atoms with Crippen molar-refractivity contribution in [1.82, 2.24) is 20.3 Å². The van der Waals surface area contributed by atoms with E-state index in [9.17, 15) is 0 Å². The molecule has 0 saturated heterocycles. The Kier molecular flexibility index (Phi) is 5.46. The maximum atomic E-state index is 8.81. The maximum Gasteiger partial charge on any atom is 0.0964 e. The number of aliphatic hydroxyl groups excluding tert-OH is 1. The van der Waals surface area contributed by atoms with E-state index in [4.69, 9.17) is 5.11 Å². The highest BCUT2D eigenvalue weighted by atomic mass is 32.2. The molecular weight excluding hydrogens is 248 g/mol. The molecule has 0 aliphatic heterocycles. The van der Waals surface area contributed by atoms with E-state index < -0.39 is 0 Å². The predicted octanol–water partition coefficient (Wildman–Crippen LogP) is 1.03. The van der Waals surface area contributed by atoms with Gasteiger partial charge in [0.15, 0.2) is 0 Å². The summed E-state index contributed by atoms with van der Waals surface area (Å²) in [5, 5.41) is 21.2. The first-order valence-electron chi connectivity index (χ1n) is 6.58. The molecule has 0 spiro atoms. The van der Waals surface area contributed by atoms with E-state index in [1.165, 1.54) is 25.7 Å². The van der Waals surface area contributed by atoms with Gasteiger partial charge in [0.25, 0.3) is 0 Å². The van der Waals surface area contributed by atoms with Crippen molar-refractivity contribution in [1.29, 1.82) is 0 Å². The van der Waals surface area contributed by atoms with Gasteiger partial charge in [0.1, 0.15) is 0 Å². The van der Waals surface area contributed by atoms with Crippen LogP contribution in [0.1, 0.15) is 31.4 Å². The summed E-state index contributed by atoms with van der Waals surface area (Å²) < 4.78 is 1.68. The molecule has 6 heteroatoms. The second kappa shape index (κ2) is 7.11. The molecule has 1 fully saturated rings. The summed E-state index contributed by atoms with van der Waals surface area (Å²) in [6, 6.07) is 0.610. The van der Waals surface area contributed by atoms with Crippen LogP contribution in [0, 0.1) is 0 Å². The number of aliphatic hydroxyl groups is 1. The number of hydrogen-bond donors (Lipinski definition) is 2. The molecule has 2 atom stereocenters. The van der Waals surface area contributed by atoms with E-state index in [0.717, 1.165) is 17.5 Å². The highest BCUT2D eigenvalue weighted by Crippen LogP contribution is 2.26. The van der Waals surface area contributed by atoms with Crippen molar-refractivity contribution in [3.63, 3.8) is 0 Å². The van der Waals surface area contributed by atoms with Crippen LogP contribution in [0.3, 0.4) is 0 Å². The third-order valence-corrected chi connectivity index (χ3v) is 4.54. The van der Waals surface area contributed by atoms with Gasteiger partial charge in [-0.3, -0.25) is 0 Å². The van der Waals surface area contributed by atoms with Crippen molar-refractivity contribution in [2.75, 3.05) is 12.9 Å². The third-order valence-electron chi connectivity index (χ3n) is 3.45. The fourth-order valence-electron chi connectivity index (χ4n) is 2.42. The van der Waals surface area contributed by atoms with Crippen LogP contribution >= 0.6 is 11.8 Å². The summed E-state index contributed by atoms with van der Waals surface area (Å²) in [5.74, 6) is 0. The van der Waals surface area contributed by atoms with Crippen molar-refractivity contribution >= 4 is 11.8 Å². The summed E-state index contributed by atoms with van der Waals surface area (Å²) in [7, 11) is 0. The molecule has 1 saturated carbocycles. The smallest absolute Gasteiger partial charge is 0.0964 e. The quantitative estimate of drug-likeness (QED) is 0.808. The van der Waals surface area contributed by atoms with Crippen molar-refractivity contribution < 1.29 is 5.11 Å². The van der Waals surface area contributed by atoms with Crippen LogP contribution in [-0.2, 0) is 13.1 Å². The highest BCUT2D eigenvalue weighted by Gasteiger charge is 2.20. The Labute approximate surface area is 112 Å². The number of nitrogens with one attached hydrogen (secondary N) is 1. The van der Waals surface area contributed by atoms with E-state index in [-0.39, 0.29) is 6.61 Å². The Balaban J connectivity index is 1.76. The van der Waals surface area contributed by atoms with Crippen molar-refractivity contribution in [3.05, 3.63) is 11.9 Å². The Morgan fingerprint density at radius 1 is 1.56 bits per heavy atom. The topological polar surface area (TPSA) is 63.0 Å². The first-order valence-corrected chi connectivity index (χ1v) is 7.86. The van der Waals surface area contributed by atoms with E-state index in [2.05, 4.69) is 21.9 Å². The average Bonchev–Trinajstić information content (AvgIpc) is 2.85. The largest absolute Gasteiger partial charge is 0.394 e. The zero-order chi connectivity index (χ0) is 12.8. The predicted molar refractivity (Wildman–Crippen MR) is 73.5 cm³/mol. The Hall–Kier alpha value is -0.590. The summed E-state index contributed by atoms with van der Waals surface area (Å²) in [4.78, 5) is 0. The first kappa shape index (κ1) is 13.8. The van der Waals surface area contributed by atoms with Crippen LogP contribution in [0.4, 0.5) is 0 Å². The van der Waals surface area contributed by atoms with Gasteiger partial charge in [-0.2, -0.15) is 11.8 Å². The van der Waals surface area contributed by atoms with E-state index in [0.29, 0.717) is 12.6 Å². The van der Waals surface area contributed by atoms with Crippen LogP contribution < -0.4 is 5.32 Å². The van der Waals surface area contributed by atoms with Crippen LogP contribution in [0.15, 0.2) is 6.20 Å². The van der Waals surface area contributed by atoms with Gasteiger partial charge < -0.3 is 10.4 Å². The van der Waals surface area contributed by atoms with Crippen molar-refractivity contribution in [3.8, 4) is 0 Å². The van der Waals surface area contributed by atoms with Crippen LogP contribution in [-0.4, -0.2) is 44.3 Å². The van der Waals surface area contributed by atoms with Gasteiger partial charge >= 0.3 is 0 Å². The van der Waals surface area contributed by atoms with Crippen LogP contribution in [0.5, 0.6) is 0 Å². The molecule has 1 aromatic heterocycles. The lowest BCUT2D eigenvalue weighted by molar-refractivity contribution is 0.268. The fraction of sp³-hybridized carbons (Fsp3) is 0.833. The third kappa shape index (κ3) is 3.96. The van der Waals surface area contributed by atoms with Crippen LogP contribution in [0.2, 0.25) is 0 Å². The van der Waals surface area contributed by atoms with E-state index >= 15 is 0 Å². The van der Waals surface area contributed by atoms with Gasteiger partial charge in [-0.05, 0) is 25.5 Å². The second-order valence-electron chi connectivity index (χ2n) is 4.80. The zero-order valence-electron chi connectivity index (χ0n) is 10.9. The van der Waals surface area contributed by atoms with Crippen molar-refractivity contribution in [2.24, 2.45) is 0 Å². The summed E-state index contributed by atoms with van der Waals surface area (Å²) >= 11 is 1.98. The Morgan fingerprint density at radius 3 is 3.22 bits per heavy atom. The molecule has 5 nitrogen and oxygen atoms in total. The summed E-state index contributed by atoms with van der Waals surface area (Å²) in [5.41, 5.74) is 0.953. The standard InChI is InChI=1S/C12H22N4OS/c1-18-12-4-2-3-10(7-12)13-8-11-9-16(5-6-17)15-14-11/h9-10,12-13,17H,2-8H2,1H3. The van der Waals surface area contributed by atoms with Gasteiger partial charge in [-0.1, -0.05) is 11.6 Å². The molecule has 1 aliphatic rings. The van der Waals surface area contributed by atoms with Gasteiger partial charge in [0.2, 0.25) is 0 Å². The number of nitrogens with zero attached hydrogens (tertiary/aromatic N) is 3. The van der Waals surface area contributed by atoms with Gasteiger partial charge in [0.05, 0.1) is 18.8 Å². The lowest BCUT2D eigenvalue weighted by atomic mass is 9.95. The molecule has 1 aromatic rings. The number of thioether (sulfide) groups is 1.